The van der Waals surface area contributed by atoms with Gasteiger partial charge in [0.25, 0.3) is 0 Å². The first kappa shape index (κ1) is 21.5. The maximum atomic E-state index is 11.1. The first-order chi connectivity index (χ1) is 11.5. The molecule has 1 N–H and O–H groups in total. The zero-order valence-electron chi connectivity index (χ0n) is 17.0. The molecule has 1 atom stereocenters. The van der Waals surface area contributed by atoms with Gasteiger partial charge in [0, 0.05) is 29.4 Å². The Morgan fingerprint density at radius 2 is 1.44 bits per heavy atom. The summed E-state index contributed by atoms with van der Waals surface area (Å²) in [5.74, 6) is 0.370. The van der Waals surface area contributed by atoms with Crippen molar-refractivity contribution >= 4 is 0 Å². The molecule has 25 heavy (non-hydrogen) atoms. The highest BCUT2D eigenvalue weighted by Gasteiger charge is 2.31. The second-order valence-electron chi connectivity index (χ2n) is 8.65. The van der Waals surface area contributed by atoms with Crippen LogP contribution in [0, 0.1) is 10.1 Å². The first-order valence-electron chi connectivity index (χ1n) is 9.46. The van der Waals surface area contributed by atoms with Crippen LogP contribution in [0.25, 0.3) is 0 Å². The molecule has 0 aliphatic carbocycles. The van der Waals surface area contributed by atoms with E-state index in [1.165, 1.54) is 0 Å². The number of nitro groups is 1. The van der Waals surface area contributed by atoms with Gasteiger partial charge in [-0.25, -0.2) is 0 Å². The summed E-state index contributed by atoms with van der Waals surface area (Å²) in [7, 11) is 0. The van der Waals surface area contributed by atoms with Gasteiger partial charge in [0.05, 0.1) is 0 Å². The van der Waals surface area contributed by atoms with Gasteiger partial charge in [0.1, 0.15) is 5.75 Å². The second kappa shape index (κ2) is 8.20. The number of phenolic OH excluding ortho intramolecular Hbond substituents is 1. The maximum absolute atomic E-state index is 11.1. The molecule has 4 nitrogen and oxygen atoms in total. The smallest absolute Gasteiger partial charge is 0.214 e. The standard InChI is InChI=1S/C21H35NO3/c1-8-10-20(4,5)17-13-16(12-15(3)22(24)25)14-18(19(17)23)21(6,7)11-9-2/h13-15,23H,8-12H2,1-7H3. The monoisotopic (exact) mass is 349 g/mol. The summed E-state index contributed by atoms with van der Waals surface area (Å²) in [5, 5.41) is 22.1. The van der Waals surface area contributed by atoms with Crippen molar-refractivity contribution < 1.29 is 10.0 Å². The average molecular weight is 350 g/mol. The van der Waals surface area contributed by atoms with Gasteiger partial charge in [-0.1, -0.05) is 66.5 Å². The van der Waals surface area contributed by atoms with Crippen molar-refractivity contribution in [3.8, 4) is 5.75 Å². The number of hydrogen-bond acceptors (Lipinski definition) is 3. The number of benzene rings is 1. The largest absolute Gasteiger partial charge is 0.507 e. The van der Waals surface area contributed by atoms with Crippen LogP contribution in [0.4, 0.5) is 0 Å². The Bertz CT molecular complexity index is 566. The summed E-state index contributed by atoms with van der Waals surface area (Å²) in [6.45, 7) is 14.5. The summed E-state index contributed by atoms with van der Waals surface area (Å²) in [4.78, 5) is 10.9. The van der Waals surface area contributed by atoms with Gasteiger partial charge < -0.3 is 5.11 Å². The molecule has 0 bridgehead atoms. The maximum Gasteiger partial charge on any atom is 0.214 e. The molecule has 1 aromatic rings. The molecule has 0 aromatic heterocycles. The molecular formula is C21H35NO3. The van der Waals surface area contributed by atoms with Crippen molar-refractivity contribution in [2.24, 2.45) is 0 Å². The predicted octanol–water partition coefficient (Wildman–Crippen LogP) is 5.76. The van der Waals surface area contributed by atoms with Gasteiger partial charge in [-0.05, 0) is 29.2 Å². The van der Waals surface area contributed by atoms with Crippen molar-refractivity contribution in [2.45, 2.75) is 97.4 Å². The molecule has 142 valence electrons. The summed E-state index contributed by atoms with van der Waals surface area (Å²) in [6.07, 6.45) is 4.36. The van der Waals surface area contributed by atoms with E-state index >= 15 is 0 Å². The lowest BCUT2D eigenvalue weighted by Crippen LogP contribution is -2.24. The van der Waals surface area contributed by atoms with Gasteiger partial charge in [-0.2, -0.15) is 0 Å². The molecular weight excluding hydrogens is 314 g/mol. The van der Waals surface area contributed by atoms with E-state index < -0.39 is 6.04 Å². The zero-order chi connectivity index (χ0) is 19.4. The average Bonchev–Trinajstić information content (AvgIpc) is 2.48. The van der Waals surface area contributed by atoms with E-state index in [0.29, 0.717) is 12.2 Å². The summed E-state index contributed by atoms with van der Waals surface area (Å²) in [6, 6.07) is 3.33. The molecule has 0 amide bonds. The fourth-order valence-electron chi connectivity index (χ4n) is 3.78. The fourth-order valence-corrected chi connectivity index (χ4v) is 3.78. The third kappa shape index (κ3) is 5.20. The van der Waals surface area contributed by atoms with E-state index in [1.54, 1.807) is 6.92 Å². The third-order valence-electron chi connectivity index (χ3n) is 5.27. The summed E-state index contributed by atoms with van der Waals surface area (Å²) >= 11 is 0. The van der Waals surface area contributed by atoms with Crippen LogP contribution < -0.4 is 0 Å². The first-order valence-corrected chi connectivity index (χ1v) is 9.46. The van der Waals surface area contributed by atoms with Crippen molar-refractivity contribution in [3.05, 3.63) is 38.9 Å². The van der Waals surface area contributed by atoms with Crippen molar-refractivity contribution in [2.75, 3.05) is 0 Å². The Hall–Kier alpha value is -1.58. The molecule has 0 fully saturated rings. The topological polar surface area (TPSA) is 63.4 Å². The summed E-state index contributed by atoms with van der Waals surface area (Å²) in [5.41, 5.74) is 2.46. The molecule has 0 radical (unpaired) electrons. The van der Waals surface area contributed by atoms with Crippen molar-refractivity contribution in [3.63, 3.8) is 0 Å². The van der Waals surface area contributed by atoms with E-state index in [0.717, 1.165) is 42.4 Å². The van der Waals surface area contributed by atoms with Crippen LogP contribution in [-0.4, -0.2) is 16.1 Å². The van der Waals surface area contributed by atoms with E-state index in [4.69, 9.17) is 0 Å². The fraction of sp³-hybridized carbons (Fsp3) is 0.714. The normalized spacial score (nSPS) is 13.7. The highest BCUT2D eigenvalue weighted by molar-refractivity contribution is 5.50. The van der Waals surface area contributed by atoms with Gasteiger partial charge in [-0.15, -0.1) is 0 Å². The Balaban J connectivity index is 3.53. The van der Waals surface area contributed by atoms with Gasteiger partial charge in [0.15, 0.2) is 0 Å². The predicted molar refractivity (Wildman–Crippen MR) is 104 cm³/mol. The minimum absolute atomic E-state index is 0.163. The minimum atomic E-state index is -0.631. The van der Waals surface area contributed by atoms with Crippen LogP contribution in [0.15, 0.2) is 12.1 Å². The molecule has 0 saturated heterocycles. The molecule has 4 heteroatoms. The molecule has 1 rings (SSSR count). The Morgan fingerprint density at radius 1 is 1.04 bits per heavy atom. The van der Waals surface area contributed by atoms with Crippen molar-refractivity contribution in [1.82, 2.24) is 0 Å². The number of aromatic hydroxyl groups is 1. The molecule has 0 aliphatic rings. The van der Waals surface area contributed by atoms with E-state index in [2.05, 4.69) is 41.5 Å². The molecule has 0 aliphatic heterocycles. The van der Waals surface area contributed by atoms with E-state index in [-0.39, 0.29) is 15.8 Å². The molecule has 0 spiro atoms. The number of hydrogen-bond donors (Lipinski definition) is 1. The lowest BCUT2D eigenvalue weighted by Gasteiger charge is -2.32. The Kier molecular flexibility index (Phi) is 7.04. The Morgan fingerprint density at radius 3 is 1.76 bits per heavy atom. The lowest BCUT2D eigenvalue weighted by atomic mass is 9.73. The molecule has 0 saturated carbocycles. The van der Waals surface area contributed by atoms with Crippen molar-refractivity contribution in [1.29, 1.82) is 0 Å². The minimum Gasteiger partial charge on any atom is -0.507 e. The van der Waals surface area contributed by atoms with Gasteiger partial charge in [-0.3, -0.25) is 10.1 Å². The lowest BCUT2D eigenvalue weighted by molar-refractivity contribution is -0.517. The van der Waals surface area contributed by atoms with Crippen LogP contribution in [0.2, 0.25) is 0 Å². The number of nitrogens with zero attached hydrogens (tertiary/aromatic N) is 1. The van der Waals surface area contributed by atoms with Crippen LogP contribution in [0.5, 0.6) is 5.75 Å². The van der Waals surface area contributed by atoms with Crippen LogP contribution in [0.3, 0.4) is 0 Å². The SMILES string of the molecule is CCCC(C)(C)c1cc(CC(C)[N+](=O)[O-])cc(C(C)(C)CCC)c1O. The second-order valence-corrected chi connectivity index (χ2v) is 8.65. The molecule has 1 aromatic carbocycles. The van der Waals surface area contributed by atoms with Gasteiger partial charge in [0.2, 0.25) is 6.04 Å². The molecule has 0 heterocycles. The van der Waals surface area contributed by atoms with E-state index in [1.807, 2.05) is 12.1 Å². The number of phenols is 1. The van der Waals surface area contributed by atoms with Crippen LogP contribution >= 0.6 is 0 Å². The quantitative estimate of drug-likeness (QED) is 0.455. The molecule has 1 unspecified atom stereocenters. The van der Waals surface area contributed by atoms with Crippen LogP contribution in [0.1, 0.15) is 90.8 Å². The van der Waals surface area contributed by atoms with Gasteiger partial charge >= 0.3 is 0 Å². The van der Waals surface area contributed by atoms with Crippen LogP contribution in [-0.2, 0) is 17.3 Å². The van der Waals surface area contributed by atoms with E-state index in [9.17, 15) is 15.2 Å². The number of rotatable bonds is 9. The zero-order valence-corrected chi connectivity index (χ0v) is 17.0. The Labute approximate surface area is 152 Å². The highest BCUT2D eigenvalue weighted by atomic mass is 16.6. The summed E-state index contributed by atoms with van der Waals surface area (Å²) < 4.78 is 0. The third-order valence-corrected chi connectivity index (χ3v) is 5.27. The highest BCUT2D eigenvalue weighted by Crippen LogP contribution is 2.43.